The number of hydrogen-bond acceptors (Lipinski definition) is 5. The van der Waals surface area contributed by atoms with E-state index >= 15 is 0 Å². The van der Waals surface area contributed by atoms with Crippen LogP contribution in [0.3, 0.4) is 0 Å². The Morgan fingerprint density at radius 1 is 1.27 bits per heavy atom. The summed E-state index contributed by atoms with van der Waals surface area (Å²) in [5, 5.41) is 7.98. The maximum absolute atomic E-state index is 12.8. The first-order valence-electron chi connectivity index (χ1n) is 9.84. The molecule has 5 rings (SSSR count). The zero-order valence-electron chi connectivity index (χ0n) is 15.3. The monoisotopic (exact) mass is 354 g/mol. The van der Waals surface area contributed by atoms with E-state index in [-0.39, 0.29) is 5.92 Å². The van der Waals surface area contributed by atoms with Gasteiger partial charge < -0.3 is 15.1 Å². The van der Waals surface area contributed by atoms with E-state index in [2.05, 4.69) is 27.1 Å². The highest BCUT2D eigenvalue weighted by molar-refractivity contribution is 5.82. The molecule has 3 aliphatic rings. The van der Waals surface area contributed by atoms with E-state index < -0.39 is 0 Å². The van der Waals surface area contributed by atoms with Crippen LogP contribution in [0, 0.1) is 5.92 Å². The third-order valence-electron chi connectivity index (χ3n) is 6.15. The van der Waals surface area contributed by atoms with Gasteiger partial charge in [0.15, 0.2) is 5.65 Å². The van der Waals surface area contributed by atoms with Crippen molar-refractivity contribution in [3.63, 3.8) is 0 Å². The van der Waals surface area contributed by atoms with Gasteiger partial charge in [-0.25, -0.2) is 4.98 Å². The van der Waals surface area contributed by atoms with Crippen LogP contribution in [0.1, 0.15) is 31.0 Å². The summed E-state index contributed by atoms with van der Waals surface area (Å²) in [6, 6.07) is 2.37. The van der Waals surface area contributed by atoms with E-state index in [1.165, 1.54) is 11.3 Å². The summed E-state index contributed by atoms with van der Waals surface area (Å²) in [7, 11) is 0. The first kappa shape index (κ1) is 16.1. The molecule has 1 unspecified atom stereocenters. The molecule has 0 bridgehead atoms. The van der Waals surface area contributed by atoms with Gasteiger partial charge in [0.1, 0.15) is 5.82 Å². The lowest BCUT2D eigenvalue weighted by Gasteiger charge is -2.42. The second kappa shape index (κ2) is 6.23. The number of hydrogen-bond donors (Lipinski definition) is 1. The molecule has 0 saturated carbocycles. The van der Waals surface area contributed by atoms with Crippen molar-refractivity contribution in [3.05, 3.63) is 23.5 Å². The van der Waals surface area contributed by atoms with Gasteiger partial charge in [0.05, 0.1) is 17.8 Å². The van der Waals surface area contributed by atoms with Crippen molar-refractivity contribution in [2.45, 2.75) is 38.6 Å². The van der Waals surface area contributed by atoms with Crippen LogP contribution in [0.25, 0.3) is 5.65 Å². The largest absolute Gasteiger partial charge is 0.354 e. The first-order chi connectivity index (χ1) is 12.7. The number of nitrogens with one attached hydrogen (secondary N) is 1. The smallest absolute Gasteiger partial charge is 0.229 e. The van der Waals surface area contributed by atoms with Crippen LogP contribution in [0.2, 0.25) is 0 Å². The van der Waals surface area contributed by atoms with Gasteiger partial charge >= 0.3 is 0 Å². The van der Waals surface area contributed by atoms with Gasteiger partial charge in [0.2, 0.25) is 5.91 Å². The molecule has 0 aliphatic carbocycles. The minimum Gasteiger partial charge on any atom is -0.354 e. The van der Waals surface area contributed by atoms with Crippen molar-refractivity contribution in [2.75, 3.05) is 37.6 Å². The number of carbonyl (C=O) groups excluding carboxylic acids is 1. The summed E-state index contributed by atoms with van der Waals surface area (Å²) in [5.41, 5.74) is 3.39. The summed E-state index contributed by atoms with van der Waals surface area (Å²) in [4.78, 5) is 22.1. The van der Waals surface area contributed by atoms with Crippen LogP contribution >= 0.6 is 0 Å². The number of rotatable bonds is 2. The molecule has 1 amide bonds. The lowest BCUT2D eigenvalue weighted by Crippen LogP contribution is -2.56. The zero-order valence-corrected chi connectivity index (χ0v) is 15.3. The molecule has 2 aromatic heterocycles. The number of anilines is 1. The molecule has 0 radical (unpaired) electrons. The molecule has 0 aromatic carbocycles. The van der Waals surface area contributed by atoms with Gasteiger partial charge in [-0.15, -0.1) is 0 Å². The number of likely N-dealkylation sites (tertiary alicyclic amines) is 1. The van der Waals surface area contributed by atoms with Crippen LogP contribution in [0.4, 0.5) is 5.82 Å². The third-order valence-corrected chi connectivity index (χ3v) is 6.15. The maximum atomic E-state index is 12.8. The highest BCUT2D eigenvalue weighted by atomic mass is 16.2. The summed E-state index contributed by atoms with van der Waals surface area (Å²) in [6.45, 7) is 6.62. The molecule has 2 fully saturated rings. The number of nitrogens with zero attached hydrogens (tertiary/aromatic N) is 5. The fourth-order valence-corrected chi connectivity index (χ4v) is 4.64. The van der Waals surface area contributed by atoms with Gasteiger partial charge in [-0.3, -0.25) is 4.79 Å². The quantitative estimate of drug-likeness (QED) is 0.867. The van der Waals surface area contributed by atoms with Crippen LogP contribution in [0.15, 0.2) is 12.3 Å². The Morgan fingerprint density at radius 2 is 2.12 bits per heavy atom. The molecule has 0 spiro atoms. The Labute approximate surface area is 153 Å². The van der Waals surface area contributed by atoms with Gasteiger partial charge in [-0.2, -0.15) is 9.61 Å². The summed E-state index contributed by atoms with van der Waals surface area (Å²) in [6.07, 6.45) is 6.01. The molecule has 1 atom stereocenters. The van der Waals surface area contributed by atoms with Crippen LogP contribution in [-0.2, 0) is 17.6 Å². The topological polar surface area (TPSA) is 65.8 Å². The maximum Gasteiger partial charge on any atom is 0.229 e. The minimum absolute atomic E-state index is 0.119. The van der Waals surface area contributed by atoms with E-state index in [0.717, 1.165) is 69.9 Å². The van der Waals surface area contributed by atoms with Crippen molar-refractivity contribution < 1.29 is 4.79 Å². The van der Waals surface area contributed by atoms with Gasteiger partial charge in [0.25, 0.3) is 0 Å². The summed E-state index contributed by atoms with van der Waals surface area (Å²) < 4.78 is 1.96. The Balaban J connectivity index is 1.43. The summed E-state index contributed by atoms with van der Waals surface area (Å²) >= 11 is 0. The number of amides is 1. The molecule has 26 heavy (non-hydrogen) atoms. The summed E-state index contributed by atoms with van der Waals surface area (Å²) in [5.74, 6) is 1.61. The van der Waals surface area contributed by atoms with E-state index in [1.807, 2.05) is 16.8 Å². The molecule has 5 heterocycles. The van der Waals surface area contributed by atoms with E-state index in [1.54, 1.807) is 0 Å². The minimum atomic E-state index is 0.119. The van der Waals surface area contributed by atoms with E-state index in [4.69, 9.17) is 4.98 Å². The lowest BCUT2D eigenvalue weighted by molar-refractivity contribution is -0.136. The fraction of sp³-hybridized carbons (Fsp3) is 0.632. The SMILES string of the molecule is CC1CCCN1C(=O)C1CN(c2c3c(nc4ccnn24)CCNCC3)C1. The third kappa shape index (κ3) is 2.48. The number of carbonyl (C=O) groups is 1. The molecule has 2 aromatic rings. The zero-order chi connectivity index (χ0) is 17.7. The standard InChI is InChI=1S/C19H26N6O/c1-13-3-2-10-24(13)19(26)14-11-23(12-14)18-15-4-7-20-8-5-16(15)22-17-6-9-21-25(17)18/h6,9,13-14,20H,2-5,7-8,10-12H2,1H3. The molecule has 3 aliphatic heterocycles. The molecule has 2 saturated heterocycles. The van der Waals surface area contributed by atoms with Gasteiger partial charge in [-0.05, 0) is 32.7 Å². The molecule has 7 nitrogen and oxygen atoms in total. The average Bonchev–Trinajstić information content (AvgIpc) is 3.16. The molecule has 1 N–H and O–H groups in total. The average molecular weight is 354 g/mol. The van der Waals surface area contributed by atoms with E-state index in [0.29, 0.717) is 11.9 Å². The first-order valence-corrected chi connectivity index (χ1v) is 9.84. The van der Waals surface area contributed by atoms with Crippen LogP contribution < -0.4 is 10.2 Å². The predicted molar refractivity (Wildman–Crippen MR) is 99.4 cm³/mol. The van der Waals surface area contributed by atoms with Crippen LogP contribution in [-0.4, -0.2) is 64.2 Å². The second-order valence-corrected chi connectivity index (χ2v) is 7.84. The predicted octanol–water partition coefficient (Wildman–Crippen LogP) is 0.865. The van der Waals surface area contributed by atoms with Crippen LogP contribution in [0.5, 0.6) is 0 Å². The van der Waals surface area contributed by atoms with Gasteiger partial charge in [0, 0.05) is 50.3 Å². The van der Waals surface area contributed by atoms with Crippen molar-refractivity contribution in [1.29, 1.82) is 0 Å². The molecular weight excluding hydrogens is 328 g/mol. The second-order valence-electron chi connectivity index (χ2n) is 7.84. The highest BCUT2D eigenvalue weighted by Crippen LogP contribution is 2.33. The number of aromatic nitrogens is 3. The van der Waals surface area contributed by atoms with E-state index in [9.17, 15) is 4.79 Å². The van der Waals surface area contributed by atoms with Crippen molar-refractivity contribution in [3.8, 4) is 0 Å². The van der Waals surface area contributed by atoms with Gasteiger partial charge in [-0.1, -0.05) is 0 Å². The molecule has 138 valence electrons. The normalized spacial score (nSPS) is 23.8. The van der Waals surface area contributed by atoms with Crippen molar-refractivity contribution in [2.24, 2.45) is 5.92 Å². The fourth-order valence-electron chi connectivity index (χ4n) is 4.64. The molecular formula is C19H26N6O. The van der Waals surface area contributed by atoms with Crippen molar-refractivity contribution >= 4 is 17.4 Å². The van der Waals surface area contributed by atoms with Crippen molar-refractivity contribution in [1.82, 2.24) is 24.8 Å². The lowest BCUT2D eigenvalue weighted by atomic mass is 9.96. The highest BCUT2D eigenvalue weighted by Gasteiger charge is 2.40. The number of fused-ring (bicyclic) bond motifs is 2. The Hall–Kier alpha value is -2.15. The Kier molecular flexibility index (Phi) is 3.85. The Bertz CT molecular complexity index is 840. The Morgan fingerprint density at radius 3 is 2.92 bits per heavy atom. The molecule has 7 heteroatoms.